The number of piperidine rings is 1. The molecule has 1 aliphatic rings. The monoisotopic (exact) mass is 332 g/mol. The lowest BCUT2D eigenvalue weighted by atomic mass is 9.77. The van der Waals surface area contributed by atoms with E-state index in [0.29, 0.717) is 26.0 Å². The summed E-state index contributed by atoms with van der Waals surface area (Å²) < 4.78 is 5.72. The van der Waals surface area contributed by atoms with Crippen LogP contribution in [0.3, 0.4) is 0 Å². The number of aliphatic carboxylic acids is 1. The third-order valence-corrected chi connectivity index (χ3v) is 5.15. The van der Waals surface area contributed by atoms with Crippen molar-refractivity contribution < 1.29 is 14.6 Å². The third kappa shape index (κ3) is 3.64. The maximum atomic E-state index is 11.9. The van der Waals surface area contributed by atoms with Gasteiger partial charge in [-0.15, -0.1) is 11.3 Å². The van der Waals surface area contributed by atoms with Gasteiger partial charge < -0.3 is 14.7 Å². The highest BCUT2D eigenvalue weighted by Gasteiger charge is 2.42. The molecule has 6 heteroatoms. The molecule has 5 nitrogen and oxygen atoms in total. The van der Waals surface area contributed by atoms with Crippen LogP contribution in [0, 0.1) is 5.41 Å². The topological polar surface area (TPSA) is 62.7 Å². The molecule has 1 aromatic carbocycles. The SMILES string of the molecule is O=C(O)[C@@]1(CCOc2ccccc2)CCCN(c2nccs2)C1. The Kier molecular flexibility index (Phi) is 4.81. The highest BCUT2D eigenvalue weighted by molar-refractivity contribution is 7.13. The van der Waals surface area contributed by atoms with Gasteiger partial charge in [-0.1, -0.05) is 18.2 Å². The first-order valence-electron chi connectivity index (χ1n) is 7.75. The molecular weight excluding hydrogens is 312 g/mol. The van der Waals surface area contributed by atoms with Gasteiger partial charge in [-0.05, 0) is 31.4 Å². The van der Waals surface area contributed by atoms with Gasteiger partial charge in [0.25, 0.3) is 0 Å². The predicted molar refractivity (Wildman–Crippen MR) is 90.2 cm³/mol. The molecule has 0 bridgehead atoms. The van der Waals surface area contributed by atoms with Crippen LogP contribution >= 0.6 is 11.3 Å². The molecule has 1 saturated heterocycles. The number of carboxylic acid groups (broad SMARTS) is 1. The molecule has 1 fully saturated rings. The normalized spacial score (nSPS) is 21.1. The summed E-state index contributed by atoms with van der Waals surface area (Å²) in [6, 6.07) is 9.52. The van der Waals surface area contributed by atoms with Crippen LogP contribution in [0.4, 0.5) is 5.13 Å². The van der Waals surface area contributed by atoms with Gasteiger partial charge >= 0.3 is 5.97 Å². The van der Waals surface area contributed by atoms with E-state index in [1.165, 1.54) is 0 Å². The fraction of sp³-hybridized carbons (Fsp3) is 0.412. The van der Waals surface area contributed by atoms with E-state index in [-0.39, 0.29) is 0 Å². The Bertz CT molecular complexity index is 633. The first-order valence-corrected chi connectivity index (χ1v) is 8.63. The molecule has 0 radical (unpaired) electrons. The summed E-state index contributed by atoms with van der Waals surface area (Å²) in [6.07, 6.45) is 3.80. The second-order valence-electron chi connectivity index (χ2n) is 5.84. The lowest BCUT2D eigenvalue weighted by Gasteiger charge is -2.39. The van der Waals surface area contributed by atoms with Crippen LogP contribution in [-0.4, -0.2) is 35.8 Å². The number of carboxylic acids is 1. The second kappa shape index (κ2) is 7.00. The van der Waals surface area contributed by atoms with Gasteiger partial charge in [-0.2, -0.15) is 0 Å². The Morgan fingerprint density at radius 1 is 1.39 bits per heavy atom. The van der Waals surface area contributed by atoms with E-state index in [1.807, 2.05) is 35.7 Å². The lowest BCUT2D eigenvalue weighted by Crippen LogP contribution is -2.48. The van der Waals surface area contributed by atoms with Crippen molar-refractivity contribution in [2.75, 3.05) is 24.6 Å². The van der Waals surface area contributed by atoms with E-state index in [9.17, 15) is 9.90 Å². The average molecular weight is 332 g/mol. The predicted octanol–water partition coefficient (Wildman–Crippen LogP) is 3.28. The molecule has 2 aromatic rings. The van der Waals surface area contributed by atoms with Gasteiger partial charge in [0.05, 0.1) is 12.0 Å². The van der Waals surface area contributed by atoms with Crippen molar-refractivity contribution in [3.8, 4) is 5.75 Å². The third-order valence-electron chi connectivity index (χ3n) is 4.31. The largest absolute Gasteiger partial charge is 0.494 e. The number of aromatic nitrogens is 1. The standard InChI is InChI=1S/C17H20N2O3S/c20-15(21)17(8-11-22-14-5-2-1-3-6-14)7-4-10-19(13-17)16-18-9-12-23-16/h1-3,5-6,9,12H,4,7-8,10-11,13H2,(H,20,21)/t17-/m1/s1. The molecule has 0 saturated carbocycles. The van der Waals surface area contributed by atoms with E-state index in [1.54, 1.807) is 17.5 Å². The Balaban J connectivity index is 1.66. The number of carbonyl (C=O) groups is 1. The number of rotatable bonds is 6. The second-order valence-corrected chi connectivity index (χ2v) is 6.71. The average Bonchev–Trinajstić information content (AvgIpc) is 3.10. The molecule has 122 valence electrons. The molecule has 3 rings (SSSR count). The number of nitrogens with zero attached hydrogens (tertiary/aromatic N) is 2. The Morgan fingerprint density at radius 3 is 2.91 bits per heavy atom. The molecular formula is C17H20N2O3S. The first-order chi connectivity index (χ1) is 11.2. The van der Waals surface area contributed by atoms with Crippen LogP contribution in [0.5, 0.6) is 5.75 Å². The maximum Gasteiger partial charge on any atom is 0.311 e. The molecule has 1 N–H and O–H groups in total. The molecule has 0 aliphatic carbocycles. The number of thiazole rings is 1. The minimum absolute atomic E-state index is 0.405. The van der Waals surface area contributed by atoms with Crippen molar-refractivity contribution in [2.24, 2.45) is 5.41 Å². The van der Waals surface area contributed by atoms with Crippen LogP contribution < -0.4 is 9.64 Å². The molecule has 23 heavy (non-hydrogen) atoms. The smallest absolute Gasteiger partial charge is 0.311 e. The van der Waals surface area contributed by atoms with Crippen LogP contribution in [0.1, 0.15) is 19.3 Å². The van der Waals surface area contributed by atoms with E-state index < -0.39 is 11.4 Å². The molecule has 0 unspecified atom stereocenters. The van der Waals surface area contributed by atoms with Crippen LogP contribution in [0.2, 0.25) is 0 Å². The lowest BCUT2D eigenvalue weighted by molar-refractivity contribution is -0.150. The number of anilines is 1. The van der Waals surface area contributed by atoms with Crippen molar-refractivity contribution in [3.05, 3.63) is 41.9 Å². The van der Waals surface area contributed by atoms with Gasteiger partial charge in [0.1, 0.15) is 5.75 Å². The van der Waals surface area contributed by atoms with E-state index in [2.05, 4.69) is 9.88 Å². The van der Waals surface area contributed by atoms with Crippen molar-refractivity contribution in [3.63, 3.8) is 0 Å². The summed E-state index contributed by atoms with van der Waals surface area (Å²) in [7, 11) is 0. The molecule has 2 heterocycles. The minimum Gasteiger partial charge on any atom is -0.494 e. The zero-order chi connectivity index (χ0) is 16.1. The van der Waals surface area contributed by atoms with Crippen LogP contribution in [-0.2, 0) is 4.79 Å². The molecule has 1 atom stereocenters. The van der Waals surface area contributed by atoms with Crippen molar-refractivity contribution in [1.29, 1.82) is 0 Å². The number of para-hydroxylation sites is 1. The summed E-state index contributed by atoms with van der Waals surface area (Å²) >= 11 is 1.55. The fourth-order valence-electron chi connectivity index (χ4n) is 3.03. The maximum absolute atomic E-state index is 11.9. The van der Waals surface area contributed by atoms with Crippen molar-refractivity contribution in [1.82, 2.24) is 4.98 Å². The van der Waals surface area contributed by atoms with E-state index in [4.69, 9.17) is 4.74 Å². The zero-order valence-electron chi connectivity index (χ0n) is 12.9. The quantitative estimate of drug-likeness (QED) is 0.879. The zero-order valence-corrected chi connectivity index (χ0v) is 13.7. The van der Waals surface area contributed by atoms with Crippen LogP contribution in [0.25, 0.3) is 0 Å². The van der Waals surface area contributed by atoms with Crippen molar-refractivity contribution >= 4 is 22.4 Å². The van der Waals surface area contributed by atoms with E-state index >= 15 is 0 Å². The highest BCUT2D eigenvalue weighted by Crippen LogP contribution is 2.36. The van der Waals surface area contributed by atoms with Gasteiger partial charge in [-0.25, -0.2) is 4.98 Å². The minimum atomic E-state index is -0.765. The number of hydrogen-bond donors (Lipinski definition) is 1. The Hall–Kier alpha value is -2.08. The highest BCUT2D eigenvalue weighted by atomic mass is 32.1. The van der Waals surface area contributed by atoms with Crippen LogP contribution in [0.15, 0.2) is 41.9 Å². The Morgan fingerprint density at radius 2 is 2.22 bits per heavy atom. The van der Waals surface area contributed by atoms with Gasteiger partial charge in [0, 0.05) is 24.7 Å². The molecule has 0 amide bonds. The summed E-state index contributed by atoms with van der Waals surface area (Å²) in [6.45, 7) is 1.76. The summed E-state index contributed by atoms with van der Waals surface area (Å²) in [5.41, 5.74) is -0.765. The first kappa shape index (κ1) is 15.8. The summed E-state index contributed by atoms with van der Waals surface area (Å²) in [5, 5.41) is 12.6. The number of hydrogen-bond acceptors (Lipinski definition) is 5. The van der Waals surface area contributed by atoms with Gasteiger partial charge in [0.15, 0.2) is 5.13 Å². The molecule has 0 spiro atoms. The van der Waals surface area contributed by atoms with Crippen molar-refractivity contribution in [2.45, 2.75) is 19.3 Å². The van der Waals surface area contributed by atoms with E-state index in [0.717, 1.165) is 23.8 Å². The van der Waals surface area contributed by atoms with Gasteiger partial charge in [-0.3, -0.25) is 4.79 Å². The Labute approximate surface area is 139 Å². The van der Waals surface area contributed by atoms with Gasteiger partial charge in [0.2, 0.25) is 0 Å². The molecule has 1 aliphatic heterocycles. The number of ether oxygens (including phenoxy) is 1. The summed E-state index contributed by atoms with van der Waals surface area (Å²) in [4.78, 5) is 18.3. The summed E-state index contributed by atoms with van der Waals surface area (Å²) in [5.74, 6) is 0.0380. The number of benzene rings is 1. The fourth-order valence-corrected chi connectivity index (χ4v) is 3.70. The molecule has 1 aromatic heterocycles.